The second-order valence-electron chi connectivity index (χ2n) is 2.89. The van der Waals surface area contributed by atoms with Crippen molar-refractivity contribution in [3.8, 4) is 0 Å². The number of aromatic carboxylic acids is 1. The van der Waals surface area contributed by atoms with Gasteiger partial charge in [0.05, 0.1) is 0 Å². The van der Waals surface area contributed by atoms with E-state index in [4.69, 9.17) is 5.11 Å². The first kappa shape index (κ1) is 10.0. The number of rotatable bonds is 2. The third-order valence-electron chi connectivity index (χ3n) is 1.93. The topological polar surface area (TPSA) is 121 Å². The van der Waals surface area contributed by atoms with Crippen LogP contribution in [0.5, 0.6) is 0 Å². The van der Waals surface area contributed by atoms with Crippen molar-refractivity contribution in [2.75, 3.05) is 12.4 Å². The van der Waals surface area contributed by atoms with Crippen molar-refractivity contribution < 1.29 is 9.90 Å². The zero-order valence-corrected chi connectivity index (χ0v) is 8.18. The van der Waals surface area contributed by atoms with E-state index in [9.17, 15) is 9.59 Å². The lowest BCUT2D eigenvalue weighted by Crippen LogP contribution is -2.20. The summed E-state index contributed by atoms with van der Waals surface area (Å²) in [5, 5.41) is 11.5. The molecule has 2 heterocycles. The van der Waals surface area contributed by atoms with Gasteiger partial charge in [-0.3, -0.25) is 4.79 Å². The number of nitrogens with one attached hydrogen (secondary N) is 2. The van der Waals surface area contributed by atoms with Gasteiger partial charge < -0.3 is 15.4 Å². The summed E-state index contributed by atoms with van der Waals surface area (Å²) in [6.07, 6.45) is 1.24. The highest BCUT2D eigenvalue weighted by Gasteiger charge is 2.14. The molecule has 3 N–H and O–H groups in total. The van der Waals surface area contributed by atoms with Crippen LogP contribution in [0.15, 0.2) is 11.1 Å². The third kappa shape index (κ3) is 1.45. The molecule has 0 fully saturated rings. The molecule has 0 radical (unpaired) electrons. The number of hydrogen-bond acceptors (Lipinski definition) is 6. The summed E-state index contributed by atoms with van der Waals surface area (Å²) in [5.41, 5.74) is -0.976. The van der Waals surface area contributed by atoms with Crippen LogP contribution in [0.25, 0.3) is 11.2 Å². The highest BCUT2D eigenvalue weighted by molar-refractivity contribution is 5.89. The van der Waals surface area contributed by atoms with Crippen LogP contribution in [0.2, 0.25) is 0 Å². The smallest absolute Gasteiger partial charge is 0.360 e. The van der Waals surface area contributed by atoms with Gasteiger partial charge in [0.1, 0.15) is 11.8 Å². The molecule has 0 atom stereocenters. The van der Waals surface area contributed by atoms with E-state index in [1.165, 1.54) is 6.33 Å². The number of carboxylic acids is 1. The van der Waals surface area contributed by atoms with E-state index in [-0.39, 0.29) is 11.2 Å². The zero-order valence-electron chi connectivity index (χ0n) is 8.18. The van der Waals surface area contributed by atoms with Gasteiger partial charge in [-0.15, -0.1) is 0 Å². The van der Waals surface area contributed by atoms with Crippen molar-refractivity contribution in [3.05, 3.63) is 22.4 Å². The van der Waals surface area contributed by atoms with Crippen LogP contribution < -0.4 is 10.9 Å². The molecule has 2 aromatic heterocycles. The Morgan fingerprint density at radius 2 is 2.25 bits per heavy atom. The molecule has 82 valence electrons. The van der Waals surface area contributed by atoms with E-state index in [0.29, 0.717) is 5.82 Å². The maximum atomic E-state index is 11.3. The lowest BCUT2D eigenvalue weighted by Gasteiger charge is -2.02. The van der Waals surface area contributed by atoms with Gasteiger partial charge in [0.25, 0.3) is 5.56 Å². The zero-order chi connectivity index (χ0) is 11.7. The van der Waals surface area contributed by atoms with E-state index < -0.39 is 17.2 Å². The molecule has 16 heavy (non-hydrogen) atoms. The highest BCUT2D eigenvalue weighted by Crippen LogP contribution is 2.12. The number of aromatic nitrogens is 4. The molecule has 8 nitrogen and oxygen atoms in total. The number of hydrogen-bond donors (Lipinski definition) is 3. The fraction of sp³-hybridized carbons (Fsp3) is 0.125. The van der Waals surface area contributed by atoms with Crippen molar-refractivity contribution in [1.82, 2.24) is 19.9 Å². The van der Waals surface area contributed by atoms with Crippen molar-refractivity contribution in [2.45, 2.75) is 0 Å². The van der Waals surface area contributed by atoms with Gasteiger partial charge in [0.15, 0.2) is 11.5 Å². The Morgan fingerprint density at radius 1 is 1.50 bits per heavy atom. The Bertz CT molecular complexity index is 621. The fourth-order valence-electron chi connectivity index (χ4n) is 1.23. The molecule has 0 amide bonds. The molecule has 0 aliphatic rings. The van der Waals surface area contributed by atoms with Gasteiger partial charge in [0.2, 0.25) is 5.69 Å². The summed E-state index contributed by atoms with van der Waals surface area (Å²) in [6, 6.07) is 0. The van der Waals surface area contributed by atoms with Crippen molar-refractivity contribution in [1.29, 1.82) is 0 Å². The summed E-state index contributed by atoms with van der Waals surface area (Å²) < 4.78 is 0. The predicted octanol–water partition coefficient (Wildman–Crippen LogP) is -0.547. The molecule has 0 spiro atoms. The number of carbonyl (C=O) groups is 1. The normalized spacial score (nSPS) is 10.3. The molecule has 0 bridgehead atoms. The number of nitrogens with zero attached hydrogens (tertiary/aromatic N) is 3. The molecule has 0 unspecified atom stereocenters. The molecular weight excluding hydrogens is 214 g/mol. The lowest BCUT2D eigenvalue weighted by molar-refractivity contribution is 0.0689. The Hall–Kier alpha value is -2.51. The van der Waals surface area contributed by atoms with Crippen LogP contribution in [0.1, 0.15) is 10.5 Å². The Kier molecular flexibility index (Phi) is 2.24. The maximum Gasteiger partial charge on any atom is 0.360 e. The van der Waals surface area contributed by atoms with Crippen LogP contribution >= 0.6 is 0 Å². The minimum absolute atomic E-state index is 0.189. The summed E-state index contributed by atoms with van der Waals surface area (Å²) >= 11 is 0. The van der Waals surface area contributed by atoms with Gasteiger partial charge in [-0.25, -0.2) is 19.7 Å². The largest absolute Gasteiger partial charge is 0.476 e. The van der Waals surface area contributed by atoms with Gasteiger partial charge in [0, 0.05) is 7.05 Å². The SMILES string of the molecule is CNc1ncnc2[nH]c(=O)c(C(=O)O)nc12. The monoisotopic (exact) mass is 221 g/mol. The van der Waals surface area contributed by atoms with Crippen molar-refractivity contribution in [3.63, 3.8) is 0 Å². The van der Waals surface area contributed by atoms with Gasteiger partial charge >= 0.3 is 5.97 Å². The van der Waals surface area contributed by atoms with Crippen LogP contribution in [0.3, 0.4) is 0 Å². The summed E-state index contributed by atoms with van der Waals surface area (Å²) in [7, 11) is 1.61. The molecular formula is C8H7N5O3. The molecule has 0 aliphatic carbocycles. The van der Waals surface area contributed by atoms with E-state index >= 15 is 0 Å². The molecule has 2 aromatic rings. The second kappa shape index (κ2) is 3.57. The predicted molar refractivity (Wildman–Crippen MR) is 54.5 cm³/mol. The average molecular weight is 221 g/mol. The summed E-state index contributed by atoms with van der Waals surface area (Å²) in [6.45, 7) is 0. The van der Waals surface area contributed by atoms with Gasteiger partial charge in [-0.1, -0.05) is 0 Å². The van der Waals surface area contributed by atoms with Crippen molar-refractivity contribution in [2.24, 2.45) is 0 Å². The minimum Gasteiger partial charge on any atom is -0.476 e. The molecule has 0 aromatic carbocycles. The van der Waals surface area contributed by atoms with Crippen molar-refractivity contribution >= 4 is 23.0 Å². The Balaban J connectivity index is 2.85. The number of H-pyrrole nitrogens is 1. The first-order valence-electron chi connectivity index (χ1n) is 4.29. The number of anilines is 1. The molecule has 8 heteroatoms. The molecule has 0 saturated heterocycles. The average Bonchev–Trinajstić information content (AvgIpc) is 2.26. The standard InChI is InChI=1S/C8H7N5O3/c1-9-5-3-6(11-2-10-5)13-7(14)4(12-3)8(15)16/h2H,1H3,(H,15,16)(H2,9,10,11,13,14). The lowest BCUT2D eigenvalue weighted by atomic mass is 10.4. The Morgan fingerprint density at radius 3 is 2.88 bits per heavy atom. The molecule has 0 saturated carbocycles. The van der Waals surface area contributed by atoms with E-state index in [2.05, 4.69) is 25.3 Å². The first-order valence-corrected chi connectivity index (χ1v) is 4.29. The molecule has 0 aliphatic heterocycles. The molecule has 2 rings (SSSR count). The minimum atomic E-state index is -1.39. The fourth-order valence-corrected chi connectivity index (χ4v) is 1.23. The third-order valence-corrected chi connectivity index (χ3v) is 1.93. The van der Waals surface area contributed by atoms with Crippen LogP contribution in [0.4, 0.5) is 5.82 Å². The van der Waals surface area contributed by atoms with Gasteiger partial charge in [-0.2, -0.15) is 0 Å². The first-order chi connectivity index (χ1) is 7.63. The number of carboxylic acid groups (broad SMARTS) is 1. The van der Waals surface area contributed by atoms with Gasteiger partial charge in [-0.05, 0) is 0 Å². The highest BCUT2D eigenvalue weighted by atomic mass is 16.4. The summed E-state index contributed by atoms with van der Waals surface area (Å²) in [5.74, 6) is -1.04. The van der Waals surface area contributed by atoms with E-state index in [1.807, 2.05) is 0 Å². The van der Waals surface area contributed by atoms with Crippen LogP contribution in [-0.2, 0) is 0 Å². The van der Waals surface area contributed by atoms with Crippen LogP contribution in [-0.4, -0.2) is 38.1 Å². The van der Waals surface area contributed by atoms with E-state index in [1.54, 1.807) is 7.05 Å². The number of aromatic amines is 1. The Labute approximate surface area is 88.4 Å². The number of fused-ring (bicyclic) bond motifs is 1. The maximum absolute atomic E-state index is 11.3. The quantitative estimate of drug-likeness (QED) is 0.622. The second-order valence-corrected chi connectivity index (χ2v) is 2.89. The van der Waals surface area contributed by atoms with Crippen LogP contribution in [0, 0.1) is 0 Å². The van der Waals surface area contributed by atoms with E-state index in [0.717, 1.165) is 0 Å². The summed E-state index contributed by atoms with van der Waals surface area (Å²) in [4.78, 5) is 35.7.